The summed E-state index contributed by atoms with van der Waals surface area (Å²) in [6.45, 7) is 28.0. The van der Waals surface area contributed by atoms with Crippen molar-refractivity contribution in [1.82, 2.24) is 0 Å². The first-order chi connectivity index (χ1) is 27.8. The van der Waals surface area contributed by atoms with Crippen molar-refractivity contribution >= 4 is 0 Å². The largest absolute Gasteiger partial charge is 0.100 e. The second kappa shape index (κ2) is 54.7. The zero-order chi connectivity index (χ0) is 42.7. The highest BCUT2D eigenvalue weighted by Crippen LogP contribution is 2.22. The molecule has 0 amide bonds. The smallest absolute Gasteiger partial charge is 0.0230 e. The first-order valence-electron chi connectivity index (χ1n) is 26.2. The van der Waals surface area contributed by atoms with E-state index in [0.29, 0.717) is 0 Å². The van der Waals surface area contributed by atoms with E-state index < -0.39 is 0 Å². The van der Waals surface area contributed by atoms with E-state index in [1.807, 2.05) is 0 Å². The van der Waals surface area contributed by atoms with Crippen LogP contribution in [0.2, 0.25) is 0 Å². The van der Waals surface area contributed by atoms with E-state index in [2.05, 4.69) is 92.5 Å². The fourth-order valence-corrected chi connectivity index (χ4v) is 7.36. The maximum Gasteiger partial charge on any atom is -0.0230 e. The third-order valence-electron chi connectivity index (χ3n) is 11.4. The van der Waals surface area contributed by atoms with Gasteiger partial charge >= 0.3 is 0 Å². The maximum atomic E-state index is 4.33. The van der Waals surface area contributed by atoms with Crippen molar-refractivity contribution in [2.24, 2.45) is 5.92 Å². The fraction of sp³-hybridized carbons (Fsp3) is 0.825. The van der Waals surface area contributed by atoms with Gasteiger partial charge < -0.3 is 0 Å². The molecule has 0 fully saturated rings. The van der Waals surface area contributed by atoms with Crippen LogP contribution in [0.4, 0.5) is 0 Å². The normalized spacial score (nSPS) is 11.2. The van der Waals surface area contributed by atoms with Crippen molar-refractivity contribution in [3.63, 3.8) is 0 Å². The monoisotopic (exact) mass is 795 g/mol. The molecule has 0 aromatic rings. The van der Waals surface area contributed by atoms with Gasteiger partial charge in [0.2, 0.25) is 0 Å². The van der Waals surface area contributed by atoms with Crippen LogP contribution in [-0.2, 0) is 0 Å². The van der Waals surface area contributed by atoms with Crippen LogP contribution in [0, 0.1) is 5.92 Å². The first kappa shape index (κ1) is 60.0. The lowest BCUT2D eigenvalue weighted by Gasteiger charge is -2.13. The molecule has 0 rings (SSSR count). The highest BCUT2D eigenvalue weighted by atomic mass is 14.1. The molecule has 0 heterocycles. The summed E-state index contributed by atoms with van der Waals surface area (Å²) in [6, 6.07) is 0. The van der Waals surface area contributed by atoms with Gasteiger partial charge in [0.25, 0.3) is 0 Å². The molecule has 0 aliphatic heterocycles. The molecule has 0 aliphatic rings. The third kappa shape index (κ3) is 59.1. The van der Waals surface area contributed by atoms with Crippen LogP contribution in [0.15, 0.2) is 60.8 Å². The van der Waals surface area contributed by atoms with Crippen LogP contribution in [0.3, 0.4) is 0 Å². The zero-order valence-corrected chi connectivity index (χ0v) is 41.1. The van der Waals surface area contributed by atoms with Crippen molar-refractivity contribution in [1.29, 1.82) is 0 Å². The second-order valence-corrected chi connectivity index (χ2v) is 18.0. The Kier molecular flexibility index (Phi) is 57.6. The van der Waals surface area contributed by atoms with Gasteiger partial charge in [0.1, 0.15) is 0 Å². The summed E-state index contributed by atoms with van der Waals surface area (Å²) >= 11 is 0. The van der Waals surface area contributed by atoms with Crippen LogP contribution >= 0.6 is 0 Å². The lowest BCUT2D eigenvalue weighted by molar-refractivity contribution is 0.465. The summed E-state index contributed by atoms with van der Waals surface area (Å²) in [5.41, 5.74) is 3.99. The summed E-state index contributed by atoms with van der Waals surface area (Å²) in [7, 11) is 0. The third-order valence-corrected chi connectivity index (χ3v) is 11.4. The van der Waals surface area contributed by atoms with Crippen molar-refractivity contribution < 1.29 is 0 Å². The molecule has 0 aromatic heterocycles. The molecule has 0 spiro atoms. The van der Waals surface area contributed by atoms with Gasteiger partial charge in [0.15, 0.2) is 0 Å². The van der Waals surface area contributed by atoms with E-state index in [1.165, 1.54) is 267 Å². The minimum Gasteiger partial charge on any atom is -0.100 e. The van der Waals surface area contributed by atoms with E-state index in [9.17, 15) is 0 Å². The molecule has 0 aliphatic carbocycles. The average Bonchev–Trinajstić information content (AvgIpc) is 3.20. The molecule has 0 saturated carbocycles. The molecule has 0 saturated heterocycles. The van der Waals surface area contributed by atoms with E-state index in [-0.39, 0.29) is 0 Å². The minimum atomic E-state index is 0.786. The Morgan fingerprint density at radius 3 is 1.04 bits per heavy atom. The standard InChI is InChI=1S/C29H56.C21H40.C7H14/c1-5-8-11-14-17-20-23-28(4)26-27-29(24-21-18-15-12-9-6-2)25-22-19-16-13-10-7-3;1-4-6-8-10-11-12-13-14-15-16-18-20-21(3)19-17-9-7-5-2;1-4-5-6-7(2)3/h26-27,29H,4-25H2,1-3H3;18,20H,3-17,19H2,1-2H3;2,4-6H2,1,3H3/b27-26-;20-18-;. The molecule has 0 aromatic carbocycles. The Balaban J connectivity index is -0.000000905. The average molecular weight is 796 g/mol. The minimum absolute atomic E-state index is 0.786. The van der Waals surface area contributed by atoms with E-state index in [1.54, 1.807) is 0 Å². The van der Waals surface area contributed by atoms with Crippen LogP contribution in [0.1, 0.15) is 299 Å². The van der Waals surface area contributed by atoms with Crippen LogP contribution in [0.5, 0.6) is 0 Å². The quantitative estimate of drug-likeness (QED) is 0.0328. The van der Waals surface area contributed by atoms with Crippen molar-refractivity contribution in [3.8, 4) is 0 Å². The lowest BCUT2D eigenvalue weighted by Crippen LogP contribution is -1.98. The second-order valence-electron chi connectivity index (χ2n) is 18.0. The molecule has 0 N–H and O–H groups in total. The Morgan fingerprint density at radius 1 is 0.351 bits per heavy atom. The predicted molar refractivity (Wildman–Crippen MR) is 269 cm³/mol. The molecular weight excluding hydrogens is 685 g/mol. The lowest BCUT2D eigenvalue weighted by atomic mass is 9.93. The molecule has 0 heteroatoms. The molecule has 338 valence electrons. The Labute approximate surface area is 364 Å². The van der Waals surface area contributed by atoms with Crippen LogP contribution < -0.4 is 0 Å². The van der Waals surface area contributed by atoms with Crippen LogP contribution in [0.25, 0.3) is 0 Å². The van der Waals surface area contributed by atoms with Gasteiger partial charge in [0, 0.05) is 0 Å². The van der Waals surface area contributed by atoms with Crippen molar-refractivity contribution in [2.75, 3.05) is 0 Å². The first-order valence-corrected chi connectivity index (χ1v) is 26.2. The molecule has 0 bridgehead atoms. The van der Waals surface area contributed by atoms with E-state index in [0.717, 1.165) is 5.92 Å². The van der Waals surface area contributed by atoms with Gasteiger partial charge in [-0.05, 0) is 77.0 Å². The number of unbranched alkanes of at least 4 members (excludes halogenated alkanes) is 28. The van der Waals surface area contributed by atoms with Gasteiger partial charge in [-0.25, -0.2) is 0 Å². The number of hydrogen-bond acceptors (Lipinski definition) is 0. The summed E-state index contributed by atoms with van der Waals surface area (Å²) in [5, 5.41) is 0. The Bertz CT molecular complexity index is 822. The molecular formula is C57H110. The summed E-state index contributed by atoms with van der Waals surface area (Å²) < 4.78 is 0. The molecule has 0 radical (unpaired) electrons. The molecule has 0 nitrogen and oxygen atoms in total. The van der Waals surface area contributed by atoms with Crippen LogP contribution in [-0.4, -0.2) is 0 Å². The zero-order valence-electron chi connectivity index (χ0n) is 41.1. The van der Waals surface area contributed by atoms with Crippen molar-refractivity contribution in [3.05, 3.63) is 60.8 Å². The van der Waals surface area contributed by atoms with Gasteiger partial charge in [-0.2, -0.15) is 0 Å². The topological polar surface area (TPSA) is 0 Å². The fourth-order valence-electron chi connectivity index (χ4n) is 7.36. The molecule has 0 unspecified atom stereocenters. The number of allylic oxidation sites excluding steroid dienone is 7. The summed E-state index contributed by atoms with van der Waals surface area (Å²) in [6.07, 6.45) is 63.1. The van der Waals surface area contributed by atoms with Crippen molar-refractivity contribution in [2.45, 2.75) is 299 Å². The SMILES string of the molecule is C=C(/C=C\C(CCCCCCCC)CCCCCCCC)CCCCCCCC.C=C(/C=C\CCCCCCCCCCC)CCCCCC.C=C(C)CCCC. The predicted octanol–water partition coefficient (Wildman–Crippen LogP) is 21.7. The highest BCUT2D eigenvalue weighted by Gasteiger charge is 2.06. The highest BCUT2D eigenvalue weighted by molar-refractivity contribution is 5.15. The number of hydrogen-bond donors (Lipinski definition) is 0. The van der Waals surface area contributed by atoms with Gasteiger partial charge in [-0.1, -0.05) is 282 Å². The van der Waals surface area contributed by atoms with E-state index in [4.69, 9.17) is 0 Å². The molecule has 0 atom stereocenters. The van der Waals surface area contributed by atoms with Gasteiger partial charge in [0.05, 0.1) is 0 Å². The number of rotatable bonds is 42. The maximum absolute atomic E-state index is 4.33. The molecule has 57 heavy (non-hydrogen) atoms. The Hall–Kier alpha value is -1.30. The van der Waals surface area contributed by atoms with Gasteiger partial charge in [-0.15, -0.1) is 6.58 Å². The summed E-state index contributed by atoms with van der Waals surface area (Å²) in [4.78, 5) is 0. The Morgan fingerprint density at radius 2 is 0.667 bits per heavy atom. The van der Waals surface area contributed by atoms with Gasteiger partial charge in [-0.3, -0.25) is 0 Å². The van der Waals surface area contributed by atoms with E-state index >= 15 is 0 Å². The summed E-state index contributed by atoms with van der Waals surface area (Å²) in [5.74, 6) is 0.786.